The molecule has 0 aliphatic carbocycles. The lowest BCUT2D eigenvalue weighted by Gasteiger charge is -2.32. The van der Waals surface area contributed by atoms with E-state index in [2.05, 4.69) is 27.3 Å². The van der Waals surface area contributed by atoms with Crippen LogP contribution in [0, 0.1) is 0 Å². The van der Waals surface area contributed by atoms with Gasteiger partial charge in [-0.15, -0.1) is 0 Å². The Morgan fingerprint density at radius 2 is 2.06 bits per heavy atom. The van der Waals surface area contributed by atoms with Crippen LogP contribution in [0.5, 0.6) is 0 Å². The Labute approximate surface area is 103 Å². The normalized spacial score (nSPS) is 29.2. The van der Waals surface area contributed by atoms with Crippen LogP contribution in [0.2, 0.25) is 0 Å². The van der Waals surface area contributed by atoms with Crippen molar-refractivity contribution in [1.82, 2.24) is 15.2 Å². The van der Waals surface area contributed by atoms with Gasteiger partial charge in [-0.2, -0.15) is 0 Å². The van der Waals surface area contributed by atoms with Gasteiger partial charge in [0.1, 0.15) is 0 Å². The first-order valence-corrected chi connectivity index (χ1v) is 6.80. The molecule has 0 saturated carbocycles. The third kappa shape index (κ3) is 2.50. The number of nitrogens with zero attached hydrogens (tertiary/aromatic N) is 2. The maximum atomic E-state index is 4.05. The molecular formula is C14H21N3. The highest BCUT2D eigenvalue weighted by atomic mass is 15.2. The monoisotopic (exact) mass is 231 g/mol. The smallest absolute Gasteiger partial charge is 0.0271 e. The fraction of sp³-hybridized carbons (Fsp3) is 0.643. The van der Waals surface area contributed by atoms with Gasteiger partial charge in [0, 0.05) is 37.6 Å². The molecule has 2 saturated heterocycles. The van der Waals surface area contributed by atoms with Crippen molar-refractivity contribution in [1.29, 1.82) is 0 Å². The van der Waals surface area contributed by atoms with Crippen LogP contribution in [0.1, 0.15) is 31.2 Å². The topological polar surface area (TPSA) is 28.2 Å². The van der Waals surface area contributed by atoms with Crippen LogP contribution in [-0.2, 0) is 6.54 Å². The molecule has 2 fully saturated rings. The van der Waals surface area contributed by atoms with E-state index in [1.807, 2.05) is 12.4 Å². The zero-order valence-corrected chi connectivity index (χ0v) is 10.3. The summed E-state index contributed by atoms with van der Waals surface area (Å²) in [5.74, 6) is 0. The number of pyridine rings is 1. The minimum atomic E-state index is 0.698. The highest BCUT2D eigenvalue weighted by Crippen LogP contribution is 2.27. The molecule has 92 valence electrons. The molecule has 0 spiro atoms. The van der Waals surface area contributed by atoms with Crippen LogP contribution in [-0.4, -0.2) is 35.1 Å². The van der Waals surface area contributed by atoms with Crippen LogP contribution in [0.15, 0.2) is 24.5 Å². The summed E-state index contributed by atoms with van der Waals surface area (Å²) in [6.07, 6.45) is 9.25. The van der Waals surface area contributed by atoms with Gasteiger partial charge in [0.15, 0.2) is 0 Å². The van der Waals surface area contributed by atoms with Crippen LogP contribution in [0.25, 0.3) is 0 Å². The maximum Gasteiger partial charge on any atom is 0.0271 e. The summed E-state index contributed by atoms with van der Waals surface area (Å²) in [6, 6.07) is 5.69. The van der Waals surface area contributed by atoms with E-state index in [0.717, 1.165) is 12.6 Å². The quantitative estimate of drug-likeness (QED) is 0.860. The second-order valence-electron chi connectivity index (χ2n) is 5.23. The molecule has 1 N–H and O–H groups in total. The largest absolute Gasteiger partial charge is 0.308 e. The number of aromatic nitrogens is 1. The van der Waals surface area contributed by atoms with Crippen molar-refractivity contribution >= 4 is 0 Å². The first-order chi connectivity index (χ1) is 8.43. The van der Waals surface area contributed by atoms with Crippen molar-refractivity contribution in [2.45, 2.75) is 44.3 Å². The summed E-state index contributed by atoms with van der Waals surface area (Å²) in [5, 5.41) is 3.73. The van der Waals surface area contributed by atoms with E-state index in [-0.39, 0.29) is 0 Å². The van der Waals surface area contributed by atoms with Crippen molar-refractivity contribution in [3.63, 3.8) is 0 Å². The Bertz CT molecular complexity index is 352. The summed E-state index contributed by atoms with van der Waals surface area (Å²) in [7, 11) is 0. The van der Waals surface area contributed by atoms with Crippen molar-refractivity contribution in [2.24, 2.45) is 0 Å². The summed E-state index contributed by atoms with van der Waals surface area (Å²) in [6.45, 7) is 3.59. The Kier molecular flexibility index (Phi) is 3.39. The fourth-order valence-corrected chi connectivity index (χ4v) is 3.24. The van der Waals surface area contributed by atoms with Gasteiger partial charge in [-0.3, -0.25) is 9.88 Å². The number of hydrogen-bond acceptors (Lipinski definition) is 3. The van der Waals surface area contributed by atoms with Crippen LogP contribution in [0.4, 0.5) is 0 Å². The zero-order chi connectivity index (χ0) is 11.5. The van der Waals surface area contributed by atoms with Crippen molar-refractivity contribution in [2.75, 3.05) is 13.1 Å². The van der Waals surface area contributed by atoms with E-state index in [4.69, 9.17) is 0 Å². The van der Waals surface area contributed by atoms with E-state index >= 15 is 0 Å². The molecule has 2 unspecified atom stereocenters. The fourth-order valence-electron chi connectivity index (χ4n) is 3.24. The predicted octanol–water partition coefficient (Wildman–Crippen LogP) is 1.80. The molecular weight excluding hydrogens is 210 g/mol. The molecule has 0 radical (unpaired) electrons. The summed E-state index contributed by atoms with van der Waals surface area (Å²) < 4.78 is 0. The number of fused-ring (bicyclic) bond motifs is 1. The molecule has 1 aromatic heterocycles. The van der Waals surface area contributed by atoms with Gasteiger partial charge in [-0.25, -0.2) is 0 Å². The van der Waals surface area contributed by atoms with Crippen molar-refractivity contribution < 1.29 is 0 Å². The van der Waals surface area contributed by atoms with Gasteiger partial charge in [-0.05, 0) is 43.5 Å². The third-order valence-corrected chi connectivity index (χ3v) is 4.17. The maximum absolute atomic E-state index is 4.05. The average Bonchev–Trinajstić information content (AvgIpc) is 2.81. The molecule has 2 aliphatic rings. The van der Waals surface area contributed by atoms with Gasteiger partial charge in [0.05, 0.1) is 0 Å². The Balaban J connectivity index is 1.55. The zero-order valence-electron chi connectivity index (χ0n) is 10.3. The molecule has 3 nitrogen and oxygen atoms in total. The van der Waals surface area contributed by atoms with E-state index in [9.17, 15) is 0 Å². The van der Waals surface area contributed by atoms with Gasteiger partial charge in [0.25, 0.3) is 0 Å². The number of hydrogen-bond donors (Lipinski definition) is 1. The van der Waals surface area contributed by atoms with Crippen molar-refractivity contribution in [3.05, 3.63) is 30.1 Å². The number of piperidine rings is 1. The third-order valence-electron chi connectivity index (χ3n) is 4.17. The Hall–Kier alpha value is -0.930. The van der Waals surface area contributed by atoms with Gasteiger partial charge in [-0.1, -0.05) is 6.42 Å². The first kappa shape index (κ1) is 11.2. The minimum absolute atomic E-state index is 0.698. The Morgan fingerprint density at radius 3 is 2.94 bits per heavy atom. The van der Waals surface area contributed by atoms with Gasteiger partial charge >= 0.3 is 0 Å². The molecule has 1 aromatic rings. The molecule has 0 amide bonds. The highest BCUT2D eigenvalue weighted by molar-refractivity contribution is 5.09. The standard InChI is InChI=1S/C14H21N3/c1-2-9-17-10-6-13(14(17)3-1)16-11-12-4-7-15-8-5-12/h4-5,7-8,13-14,16H,1-3,6,9-11H2. The summed E-state index contributed by atoms with van der Waals surface area (Å²) >= 11 is 0. The lowest BCUT2D eigenvalue weighted by molar-refractivity contribution is 0.180. The highest BCUT2D eigenvalue weighted by Gasteiger charge is 2.34. The second-order valence-corrected chi connectivity index (χ2v) is 5.23. The lowest BCUT2D eigenvalue weighted by Crippen LogP contribution is -2.44. The summed E-state index contributed by atoms with van der Waals surface area (Å²) in [5.41, 5.74) is 1.34. The van der Waals surface area contributed by atoms with Crippen LogP contribution >= 0.6 is 0 Å². The Morgan fingerprint density at radius 1 is 1.18 bits per heavy atom. The lowest BCUT2D eigenvalue weighted by atomic mass is 9.99. The van der Waals surface area contributed by atoms with E-state index in [0.29, 0.717) is 6.04 Å². The van der Waals surface area contributed by atoms with Gasteiger partial charge in [0.2, 0.25) is 0 Å². The second kappa shape index (κ2) is 5.15. The molecule has 3 heteroatoms. The predicted molar refractivity (Wildman–Crippen MR) is 68.7 cm³/mol. The van der Waals surface area contributed by atoms with E-state index in [1.54, 1.807) is 0 Å². The first-order valence-electron chi connectivity index (χ1n) is 6.80. The molecule has 2 atom stereocenters. The molecule has 3 rings (SSSR count). The number of rotatable bonds is 3. The van der Waals surface area contributed by atoms with E-state index in [1.165, 1.54) is 44.3 Å². The average molecular weight is 231 g/mol. The van der Waals surface area contributed by atoms with Crippen LogP contribution < -0.4 is 5.32 Å². The van der Waals surface area contributed by atoms with E-state index < -0.39 is 0 Å². The summed E-state index contributed by atoms with van der Waals surface area (Å²) in [4.78, 5) is 6.73. The minimum Gasteiger partial charge on any atom is -0.308 e. The molecule has 0 aromatic carbocycles. The SMILES string of the molecule is c1cc(CNC2CCN3CCCCC23)ccn1. The molecule has 0 bridgehead atoms. The van der Waals surface area contributed by atoms with Crippen LogP contribution in [0.3, 0.4) is 0 Å². The number of nitrogens with one attached hydrogen (secondary N) is 1. The van der Waals surface area contributed by atoms with Gasteiger partial charge < -0.3 is 5.32 Å². The molecule has 2 aliphatic heterocycles. The van der Waals surface area contributed by atoms with Crippen molar-refractivity contribution in [3.8, 4) is 0 Å². The molecule has 17 heavy (non-hydrogen) atoms. The molecule has 3 heterocycles.